The number of carbonyl (C=O) groups is 1. The lowest BCUT2D eigenvalue weighted by atomic mass is 9.57. The molecule has 0 unspecified atom stereocenters. The molecular weight excluding hydrogens is 382 g/mol. The minimum absolute atomic E-state index is 0.216. The lowest BCUT2D eigenvalue weighted by Gasteiger charge is -2.47. The molecule has 0 radical (unpaired) electrons. The monoisotopic (exact) mass is 409 g/mol. The molecule has 1 aromatic rings. The van der Waals surface area contributed by atoms with Crippen molar-refractivity contribution in [1.82, 2.24) is 4.90 Å². The first-order valence-corrected chi connectivity index (χ1v) is 10.5. The fourth-order valence-corrected chi connectivity index (χ4v) is 5.60. The predicted molar refractivity (Wildman–Crippen MR) is 111 cm³/mol. The molecule has 0 saturated heterocycles. The Labute approximate surface area is 176 Å². The summed E-state index contributed by atoms with van der Waals surface area (Å²) < 4.78 is 23.5. The zero-order valence-corrected chi connectivity index (χ0v) is 17.9. The first-order valence-electron chi connectivity index (χ1n) is 10.5. The average Bonchev–Trinajstić information content (AvgIpc) is 3.11. The Balaban J connectivity index is 1.78. The van der Waals surface area contributed by atoms with E-state index in [-0.39, 0.29) is 23.4 Å². The zero-order chi connectivity index (χ0) is 21.0. The molecule has 158 valence electrons. The number of methoxy groups -OCH3 is 2. The molecule has 0 amide bonds. The van der Waals surface area contributed by atoms with Gasteiger partial charge < -0.3 is 23.8 Å². The van der Waals surface area contributed by atoms with Crippen LogP contribution in [0.15, 0.2) is 47.4 Å². The Kier molecular flexibility index (Phi) is 4.34. The van der Waals surface area contributed by atoms with Crippen molar-refractivity contribution in [3.63, 3.8) is 0 Å². The molecule has 2 bridgehead atoms. The highest BCUT2D eigenvalue weighted by Crippen LogP contribution is 2.62. The number of rotatable bonds is 4. The molecule has 6 nitrogen and oxygen atoms in total. The maximum atomic E-state index is 13.0. The van der Waals surface area contributed by atoms with Gasteiger partial charge in [0.25, 0.3) is 0 Å². The van der Waals surface area contributed by atoms with Crippen molar-refractivity contribution in [2.24, 2.45) is 5.92 Å². The number of nitrogens with zero attached hydrogens (tertiary/aromatic N) is 1. The minimum atomic E-state index is -0.386. The van der Waals surface area contributed by atoms with Gasteiger partial charge in [-0.2, -0.15) is 0 Å². The number of hydrogen-bond acceptors (Lipinski definition) is 6. The van der Waals surface area contributed by atoms with Gasteiger partial charge in [0.05, 0.1) is 31.8 Å². The second kappa shape index (κ2) is 6.83. The van der Waals surface area contributed by atoms with Crippen LogP contribution in [-0.4, -0.2) is 51.4 Å². The second-order valence-corrected chi connectivity index (χ2v) is 8.25. The van der Waals surface area contributed by atoms with E-state index in [1.54, 1.807) is 14.2 Å². The Bertz CT molecular complexity index is 1010. The van der Waals surface area contributed by atoms with Crippen LogP contribution in [0, 0.1) is 5.92 Å². The first kappa shape index (κ1) is 19.1. The van der Waals surface area contributed by atoms with E-state index in [2.05, 4.69) is 17.0 Å². The summed E-state index contributed by atoms with van der Waals surface area (Å²) in [7, 11) is 5.35. The van der Waals surface area contributed by atoms with Crippen molar-refractivity contribution >= 4 is 5.97 Å². The summed E-state index contributed by atoms with van der Waals surface area (Å²) in [5.41, 5.74) is 3.90. The van der Waals surface area contributed by atoms with Crippen molar-refractivity contribution in [2.75, 3.05) is 34.4 Å². The lowest BCUT2D eigenvalue weighted by molar-refractivity contribution is -0.139. The second-order valence-electron chi connectivity index (χ2n) is 8.25. The van der Waals surface area contributed by atoms with Crippen LogP contribution in [0.4, 0.5) is 0 Å². The molecule has 6 heteroatoms. The van der Waals surface area contributed by atoms with E-state index >= 15 is 0 Å². The van der Waals surface area contributed by atoms with Gasteiger partial charge >= 0.3 is 5.97 Å². The van der Waals surface area contributed by atoms with Gasteiger partial charge in [-0.3, -0.25) is 0 Å². The van der Waals surface area contributed by atoms with Gasteiger partial charge in [-0.25, -0.2) is 4.79 Å². The molecule has 5 rings (SSSR count). The van der Waals surface area contributed by atoms with Crippen LogP contribution in [0.1, 0.15) is 24.5 Å². The number of allylic oxidation sites excluding steroid dienone is 2. The largest absolute Gasteiger partial charge is 0.497 e. The van der Waals surface area contributed by atoms with Gasteiger partial charge in [0.1, 0.15) is 5.76 Å². The van der Waals surface area contributed by atoms with Gasteiger partial charge in [-0.15, -0.1) is 0 Å². The summed E-state index contributed by atoms with van der Waals surface area (Å²) >= 11 is 0. The topological polar surface area (TPSA) is 57.2 Å². The van der Waals surface area contributed by atoms with E-state index in [4.69, 9.17) is 18.9 Å². The number of benzene rings is 1. The summed E-state index contributed by atoms with van der Waals surface area (Å²) in [6.45, 7) is 2.95. The van der Waals surface area contributed by atoms with Gasteiger partial charge in [-0.05, 0) is 43.0 Å². The van der Waals surface area contributed by atoms with Crippen molar-refractivity contribution in [3.05, 3.63) is 58.5 Å². The summed E-state index contributed by atoms with van der Waals surface area (Å²) in [6.07, 6.45) is 7.63. The van der Waals surface area contributed by atoms with E-state index in [1.807, 2.05) is 32.3 Å². The number of esters is 1. The first-order chi connectivity index (χ1) is 14.5. The fourth-order valence-electron chi connectivity index (χ4n) is 5.60. The van der Waals surface area contributed by atoms with Gasteiger partial charge in [0.2, 0.25) is 0 Å². The standard InChI is InChI=1S/C24H27NO5/c1-5-29-23(26)16-13-25(2)11-10-24-17-8-6-14-7-9-18(27-3)21(20(14)24)30-22(24)19(28-4)12-15(16)17/h7-9,12-13,15,22H,5-6,10-11H2,1-4H3/b16-13+/t15-,22+,24+/m1/s1. The zero-order valence-electron chi connectivity index (χ0n) is 17.9. The fraction of sp³-hybridized carbons (Fsp3) is 0.458. The van der Waals surface area contributed by atoms with E-state index in [1.165, 1.54) is 16.7 Å². The third-order valence-corrected chi connectivity index (χ3v) is 6.84. The molecule has 0 aromatic heterocycles. The molecule has 30 heavy (non-hydrogen) atoms. The normalized spacial score (nSPS) is 29.9. The summed E-state index contributed by atoms with van der Waals surface area (Å²) in [5.74, 6) is 1.80. The molecule has 2 aliphatic heterocycles. The van der Waals surface area contributed by atoms with E-state index in [0.717, 1.165) is 36.6 Å². The number of ether oxygens (including phenoxy) is 4. The summed E-state index contributed by atoms with van der Waals surface area (Å²) in [4.78, 5) is 15.0. The highest BCUT2D eigenvalue weighted by Gasteiger charge is 2.60. The van der Waals surface area contributed by atoms with Gasteiger partial charge in [0, 0.05) is 31.3 Å². The van der Waals surface area contributed by atoms with Crippen LogP contribution < -0.4 is 9.47 Å². The molecule has 4 aliphatic rings. The minimum Gasteiger partial charge on any atom is -0.497 e. The Morgan fingerprint density at radius 2 is 2.13 bits per heavy atom. The van der Waals surface area contributed by atoms with Crippen LogP contribution in [0.5, 0.6) is 11.5 Å². The molecular formula is C24H27NO5. The van der Waals surface area contributed by atoms with E-state index in [9.17, 15) is 4.79 Å². The van der Waals surface area contributed by atoms with Crippen LogP contribution in [0.25, 0.3) is 0 Å². The maximum Gasteiger partial charge on any atom is 0.336 e. The number of hydrogen-bond donors (Lipinski definition) is 0. The number of carbonyl (C=O) groups excluding carboxylic acids is 1. The van der Waals surface area contributed by atoms with Crippen molar-refractivity contribution in [3.8, 4) is 11.5 Å². The van der Waals surface area contributed by atoms with E-state index in [0.29, 0.717) is 12.2 Å². The SMILES string of the molecule is CCOC(=O)/C1=C/N(C)CC[C@]23C4=CCc5ccc(OC)c(c52)O[C@H]3C(OC)=C[C@@H]41. The molecule has 3 atom stereocenters. The molecule has 0 fully saturated rings. The van der Waals surface area contributed by atoms with Crippen molar-refractivity contribution in [2.45, 2.75) is 31.3 Å². The molecule has 2 heterocycles. The van der Waals surface area contributed by atoms with Crippen LogP contribution in [0.3, 0.4) is 0 Å². The molecule has 2 aliphatic carbocycles. The van der Waals surface area contributed by atoms with Crippen molar-refractivity contribution in [1.29, 1.82) is 0 Å². The smallest absolute Gasteiger partial charge is 0.336 e. The maximum absolute atomic E-state index is 13.0. The molecule has 0 N–H and O–H groups in total. The van der Waals surface area contributed by atoms with Crippen LogP contribution in [-0.2, 0) is 26.1 Å². The molecule has 1 aromatic carbocycles. The third-order valence-electron chi connectivity index (χ3n) is 6.84. The average molecular weight is 409 g/mol. The highest BCUT2D eigenvalue weighted by atomic mass is 16.6. The highest BCUT2D eigenvalue weighted by molar-refractivity contribution is 5.91. The lowest BCUT2D eigenvalue weighted by Crippen LogP contribution is -2.51. The van der Waals surface area contributed by atoms with Gasteiger partial charge in [-0.1, -0.05) is 12.1 Å². The van der Waals surface area contributed by atoms with Gasteiger partial charge in [0.15, 0.2) is 17.6 Å². The summed E-state index contributed by atoms with van der Waals surface area (Å²) in [5, 5.41) is 0. The Morgan fingerprint density at radius 1 is 1.30 bits per heavy atom. The van der Waals surface area contributed by atoms with Crippen molar-refractivity contribution < 1.29 is 23.7 Å². The Hall–Kier alpha value is -2.89. The van der Waals surface area contributed by atoms with Crippen LogP contribution in [0.2, 0.25) is 0 Å². The molecule has 1 spiro atoms. The van der Waals surface area contributed by atoms with Crippen LogP contribution >= 0.6 is 0 Å². The van der Waals surface area contributed by atoms with E-state index < -0.39 is 0 Å². The Morgan fingerprint density at radius 3 is 2.87 bits per heavy atom. The molecule has 0 saturated carbocycles. The quantitative estimate of drug-likeness (QED) is 0.563. The predicted octanol–water partition coefficient (Wildman–Crippen LogP) is 3.12. The third kappa shape index (κ3) is 2.39. The summed E-state index contributed by atoms with van der Waals surface area (Å²) in [6, 6.07) is 4.11.